The molecule has 36 N–H and O–H groups in total. The molecule has 38 nitrogen and oxygen atoms in total. The highest BCUT2D eigenvalue weighted by atomic mass is 16.3. The minimum Gasteiger partial charge on any atom is -0.391 e. The number of aliphatic hydroxyl groups excluding tert-OH is 1. The molecule has 0 aliphatic carbocycles. The predicted octanol–water partition coefficient (Wildman–Crippen LogP) is -9.19. The number of hydrogen-bond acceptors (Lipinski definition) is 18. The summed E-state index contributed by atoms with van der Waals surface area (Å²) in [4.78, 5) is 158. The molecule has 0 aromatic heterocycles. The second kappa shape index (κ2) is 46.9. The molecule has 0 aliphatic heterocycles. The van der Waals surface area contributed by atoms with Crippen LogP contribution in [0.15, 0.2) is 25.0 Å². The van der Waals surface area contributed by atoms with Crippen LogP contribution < -0.4 is 122 Å². The van der Waals surface area contributed by atoms with Gasteiger partial charge in [0.15, 0.2) is 29.8 Å². The molecular formula is C54H107N27O11. The molecule has 0 aromatic carbocycles. The fourth-order valence-electron chi connectivity index (χ4n) is 8.92. The first-order valence-corrected chi connectivity index (χ1v) is 30.7. The zero-order chi connectivity index (χ0) is 69.9. The number of aliphatic imine (C=N–C) groups is 5. The Morgan fingerprint density at radius 3 is 0.750 bits per heavy atom. The van der Waals surface area contributed by atoms with Crippen LogP contribution in [-0.4, -0.2) is 200 Å². The maximum absolute atomic E-state index is 14.7. The van der Waals surface area contributed by atoms with Gasteiger partial charge in [0, 0.05) is 39.6 Å². The molecule has 524 valence electrons. The fraction of sp³-hybridized carbons (Fsp3) is 0.722. The minimum atomic E-state index is -1.54. The molecule has 0 radical (unpaired) electrons. The van der Waals surface area contributed by atoms with E-state index in [1.165, 1.54) is 13.8 Å². The molecule has 10 amide bonds. The van der Waals surface area contributed by atoms with Crippen LogP contribution >= 0.6 is 0 Å². The number of nitrogens with one attached hydrogen (secondary N) is 9. The van der Waals surface area contributed by atoms with Gasteiger partial charge in [0.2, 0.25) is 59.1 Å². The van der Waals surface area contributed by atoms with Gasteiger partial charge in [-0.2, -0.15) is 0 Å². The van der Waals surface area contributed by atoms with Crippen molar-refractivity contribution in [2.24, 2.45) is 105 Å². The summed E-state index contributed by atoms with van der Waals surface area (Å²) in [6.45, 7) is 6.58. The summed E-state index contributed by atoms with van der Waals surface area (Å²) in [6, 6.07) is -12.4. The third-order valence-corrected chi connectivity index (χ3v) is 13.5. The van der Waals surface area contributed by atoms with Crippen molar-refractivity contribution >= 4 is 88.9 Å². The quantitative estimate of drug-likeness (QED) is 0.0153. The summed E-state index contributed by atoms with van der Waals surface area (Å²) < 4.78 is 0. The Kier molecular flexibility index (Phi) is 42.3. The van der Waals surface area contributed by atoms with E-state index in [1.807, 2.05) is 0 Å². The normalized spacial score (nSPS) is 14.1. The highest BCUT2D eigenvalue weighted by molar-refractivity contribution is 5.98. The topological polar surface area (TPSA) is 699 Å². The lowest BCUT2D eigenvalue weighted by Gasteiger charge is -2.28. The lowest BCUT2D eigenvalue weighted by Crippen LogP contribution is -2.60. The van der Waals surface area contributed by atoms with Gasteiger partial charge in [-0.3, -0.25) is 72.9 Å². The summed E-state index contributed by atoms with van der Waals surface area (Å²) in [7, 11) is 0. The van der Waals surface area contributed by atoms with Crippen LogP contribution in [0.5, 0.6) is 0 Å². The average Bonchev–Trinajstić information content (AvgIpc) is 1.24. The number of carbonyl (C=O) groups excluding carboxylic acids is 10. The van der Waals surface area contributed by atoms with Crippen molar-refractivity contribution in [1.29, 1.82) is 0 Å². The number of primary amides is 1. The number of aliphatic hydroxyl groups is 1. The third-order valence-electron chi connectivity index (χ3n) is 13.5. The minimum absolute atomic E-state index is 0.00636. The SMILES string of the molecule is CC(=O)N[C@@H](CCCN=C(N)N)C(=O)N[C@@H](CC(C)C)C(=O)N[C@@H](CCCN=C(N)N)C(=O)N[C@@H](CCCN=C(N)N)C(=O)N[C@@H](CCCN=C(N)N)C(=O)N[C@@H](CCCCN)C(=O)N[C@@H](CCCCN)C(=O)N[C@@H](CCCN=C(N)N)C(=O)N[C@H](C(N)=O)[C@@H](C)O. The van der Waals surface area contributed by atoms with Crippen LogP contribution in [0.1, 0.15) is 137 Å². The van der Waals surface area contributed by atoms with Crippen molar-refractivity contribution in [2.75, 3.05) is 45.8 Å². The summed E-state index contributed by atoms with van der Waals surface area (Å²) in [5, 5.41) is 33.8. The molecule has 0 rings (SSSR count). The highest BCUT2D eigenvalue weighted by Crippen LogP contribution is 2.13. The maximum Gasteiger partial charge on any atom is 0.243 e. The van der Waals surface area contributed by atoms with E-state index in [0.717, 1.165) is 0 Å². The van der Waals surface area contributed by atoms with Gasteiger partial charge in [0.05, 0.1) is 6.10 Å². The Hall–Kier alpha value is -9.07. The van der Waals surface area contributed by atoms with Gasteiger partial charge >= 0.3 is 0 Å². The van der Waals surface area contributed by atoms with Crippen LogP contribution in [-0.2, 0) is 47.9 Å². The molecule has 0 aliphatic rings. The third kappa shape index (κ3) is 38.5. The number of hydrogen-bond donors (Lipinski definition) is 23. The fourth-order valence-corrected chi connectivity index (χ4v) is 8.92. The van der Waals surface area contributed by atoms with Crippen molar-refractivity contribution in [1.82, 2.24) is 47.9 Å². The van der Waals surface area contributed by atoms with Crippen LogP contribution in [0.3, 0.4) is 0 Å². The number of nitrogens with two attached hydrogens (primary N) is 13. The van der Waals surface area contributed by atoms with Gasteiger partial charge in [0.25, 0.3) is 0 Å². The first kappa shape index (κ1) is 82.9. The second-order valence-electron chi connectivity index (χ2n) is 22.3. The largest absolute Gasteiger partial charge is 0.391 e. The van der Waals surface area contributed by atoms with E-state index >= 15 is 0 Å². The van der Waals surface area contributed by atoms with E-state index < -0.39 is 120 Å². The average molecular weight is 1310 g/mol. The summed E-state index contributed by atoms with van der Waals surface area (Å²) in [5.41, 5.74) is 72.3. The van der Waals surface area contributed by atoms with Gasteiger partial charge in [-0.15, -0.1) is 0 Å². The molecular weight excluding hydrogens is 1200 g/mol. The Morgan fingerprint density at radius 1 is 0.326 bits per heavy atom. The van der Waals surface area contributed by atoms with Crippen LogP contribution in [0.2, 0.25) is 0 Å². The van der Waals surface area contributed by atoms with Crippen molar-refractivity contribution in [2.45, 2.75) is 197 Å². The first-order valence-electron chi connectivity index (χ1n) is 30.7. The Balaban J connectivity index is 7.49. The second-order valence-corrected chi connectivity index (χ2v) is 22.3. The van der Waals surface area contributed by atoms with E-state index in [4.69, 9.17) is 74.5 Å². The molecule has 0 aromatic rings. The van der Waals surface area contributed by atoms with E-state index in [1.54, 1.807) is 13.8 Å². The molecule has 0 fully saturated rings. The van der Waals surface area contributed by atoms with Crippen molar-refractivity contribution in [3.63, 3.8) is 0 Å². The van der Waals surface area contributed by atoms with Crippen molar-refractivity contribution < 1.29 is 53.1 Å². The van der Waals surface area contributed by atoms with Gasteiger partial charge < -0.3 is 127 Å². The zero-order valence-electron chi connectivity index (χ0n) is 53.6. The Labute approximate surface area is 536 Å². The summed E-state index contributed by atoms with van der Waals surface area (Å²) >= 11 is 0. The van der Waals surface area contributed by atoms with Gasteiger partial charge in [0.1, 0.15) is 54.4 Å². The highest BCUT2D eigenvalue weighted by Gasteiger charge is 2.36. The summed E-state index contributed by atoms with van der Waals surface area (Å²) in [5.74, 6) is -9.79. The van der Waals surface area contributed by atoms with Crippen LogP contribution in [0.25, 0.3) is 0 Å². The molecule has 0 saturated carbocycles. The standard InChI is InChI=1S/C54H107N27O11/c1-29(2)28-39(80-42(85)32(73-31(4)83)16-9-23-68-50(58)59)49(92)79-37(19-12-26-71-53(64)65)47(90)77-36(18-11-25-70-52(62)63)46(89)76-35(17-10-24-69-51(60)61)45(88)75-33(14-5-7-21-55)43(86)74-34(15-6-8-22-56)44(87)78-38(20-13-27-72-54(66)67)48(91)81-40(30(3)82)41(57)84/h29-30,32-40,82H,5-28,55-56H2,1-4H3,(H2,57,84)(H,73,83)(H,74,86)(H,75,88)(H,76,89)(H,77,90)(H,78,87)(H,79,92)(H,80,85)(H,81,91)(H4,58,59,68)(H4,60,61,69)(H4,62,63,70)(H4,64,65,71)(H4,66,67,72)/t30-,32+,33+,34+,35+,36+,37+,38+,39+,40+/m1/s1. The van der Waals surface area contributed by atoms with Gasteiger partial charge in [-0.1, -0.05) is 13.8 Å². The molecule has 0 bridgehead atoms. The number of nitrogens with zero attached hydrogens (tertiary/aromatic N) is 5. The number of unbranched alkanes of at least 4 members (excludes halogenated alkanes) is 2. The molecule has 38 heteroatoms. The van der Waals surface area contributed by atoms with E-state index in [9.17, 15) is 53.1 Å². The lowest BCUT2D eigenvalue weighted by atomic mass is 10.0. The predicted molar refractivity (Wildman–Crippen MR) is 349 cm³/mol. The molecule has 92 heavy (non-hydrogen) atoms. The van der Waals surface area contributed by atoms with E-state index in [0.29, 0.717) is 19.3 Å². The van der Waals surface area contributed by atoms with Crippen LogP contribution in [0, 0.1) is 5.92 Å². The number of guanidine groups is 5. The molecule has 0 heterocycles. The van der Waals surface area contributed by atoms with Crippen molar-refractivity contribution in [3.8, 4) is 0 Å². The smallest absolute Gasteiger partial charge is 0.243 e. The molecule has 0 spiro atoms. The van der Waals surface area contributed by atoms with Gasteiger partial charge in [-0.05, 0) is 135 Å². The molecule has 10 atom stereocenters. The maximum atomic E-state index is 14.7. The Morgan fingerprint density at radius 2 is 0.543 bits per heavy atom. The van der Waals surface area contributed by atoms with Gasteiger partial charge in [-0.25, -0.2) is 0 Å². The number of rotatable bonds is 49. The Bertz CT molecular complexity index is 2480. The first-order chi connectivity index (χ1) is 43.3. The molecule has 0 saturated heterocycles. The summed E-state index contributed by atoms with van der Waals surface area (Å²) in [6.07, 6.45) is 0.208. The van der Waals surface area contributed by atoms with E-state index in [-0.39, 0.29) is 171 Å². The van der Waals surface area contributed by atoms with Crippen molar-refractivity contribution in [3.05, 3.63) is 0 Å². The monoisotopic (exact) mass is 1310 g/mol. The zero-order valence-corrected chi connectivity index (χ0v) is 53.6. The van der Waals surface area contributed by atoms with E-state index in [2.05, 4.69) is 72.8 Å². The molecule has 0 unspecified atom stereocenters. The lowest BCUT2D eigenvalue weighted by molar-refractivity contribution is -0.136. The number of carbonyl (C=O) groups is 10. The van der Waals surface area contributed by atoms with Crippen LogP contribution in [0.4, 0.5) is 0 Å². The number of amides is 10.